The fraction of sp³-hybridized carbons (Fsp3) is 0.529. The Balaban J connectivity index is 1.90. The first-order chi connectivity index (χ1) is 10.5. The zero-order valence-corrected chi connectivity index (χ0v) is 13.5. The molecule has 2 rings (SSSR count). The quantitative estimate of drug-likeness (QED) is 0.838. The summed E-state index contributed by atoms with van der Waals surface area (Å²) in [5, 5.41) is 2.88. The summed E-state index contributed by atoms with van der Waals surface area (Å²) in [6, 6.07) is 7.92. The Morgan fingerprint density at radius 1 is 1.27 bits per heavy atom. The standard InChI is InChI=1S/C17H24N2O3/c1-12(10-16(20)22-3)18-17(21)13(2)19-9-8-14-6-4-5-7-15(14)11-19/h4-7,12-13H,8-11H2,1-3H3,(H,18,21)/t12-,13+/m0/s1. The SMILES string of the molecule is COC(=O)C[C@H](C)NC(=O)[C@@H](C)N1CCc2ccccc2C1. The number of amides is 1. The maximum Gasteiger partial charge on any atom is 0.307 e. The first kappa shape index (κ1) is 16.5. The summed E-state index contributed by atoms with van der Waals surface area (Å²) in [5.41, 5.74) is 2.65. The summed E-state index contributed by atoms with van der Waals surface area (Å²) >= 11 is 0. The zero-order valence-electron chi connectivity index (χ0n) is 13.5. The maximum atomic E-state index is 12.3. The van der Waals surface area contributed by atoms with Gasteiger partial charge in [-0.1, -0.05) is 24.3 Å². The molecule has 1 aliphatic rings. The van der Waals surface area contributed by atoms with E-state index in [0.717, 1.165) is 19.5 Å². The number of nitrogens with one attached hydrogen (secondary N) is 1. The van der Waals surface area contributed by atoms with Crippen LogP contribution in [0.4, 0.5) is 0 Å². The molecule has 0 spiro atoms. The van der Waals surface area contributed by atoms with Crippen molar-refractivity contribution in [3.05, 3.63) is 35.4 Å². The molecule has 0 aromatic heterocycles. The minimum absolute atomic E-state index is 0.0456. The van der Waals surface area contributed by atoms with Crippen LogP contribution < -0.4 is 5.32 Å². The molecule has 0 fully saturated rings. The summed E-state index contributed by atoms with van der Waals surface area (Å²) in [6.07, 6.45) is 1.16. The Hall–Kier alpha value is -1.88. The molecule has 1 N–H and O–H groups in total. The van der Waals surface area contributed by atoms with Crippen LogP contribution >= 0.6 is 0 Å². The highest BCUT2D eigenvalue weighted by Gasteiger charge is 2.26. The van der Waals surface area contributed by atoms with Crippen molar-refractivity contribution in [2.75, 3.05) is 13.7 Å². The van der Waals surface area contributed by atoms with Gasteiger partial charge in [-0.25, -0.2) is 0 Å². The van der Waals surface area contributed by atoms with Gasteiger partial charge in [0.1, 0.15) is 0 Å². The summed E-state index contributed by atoms with van der Waals surface area (Å²) in [7, 11) is 1.35. The van der Waals surface area contributed by atoms with Gasteiger partial charge in [0.2, 0.25) is 5.91 Å². The molecule has 5 nitrogen and oxygen atoms in total. The molecule has 1 aromatic rings. The Bertz CT molecular complexity index is 544. The van der Waals surface area contributed by atoms with Crippen LogP contribution in [0.25, 0.3) is 0 Å². The largest absolute Gasteiger partial charge is 0.469 e. The van der Waals surface area contributed by atoms with E-state index in [1.54, 1.807) is 0 Å². The maximum absolute atomic E-state index is 12.3. The minimum Gasteiger partial charge on any atom is -0.469 e. The second-order valence-corrected chi connectivity index (χ2v) is 5.86. The van der Waals surface area contributed by atoms with Gasteiger partial charge in [0.15, 0.2) is 0 Å². The average molecular weight is 304 g/mol. The average Bonchev–Trinajstić information content (AvgIpc) is 2.53. The van der Waals surface area contributed by atoms with Crippen LogP contribution in [0.1, 0.15) is 31.4 Å². The Morgan fingerprint density at radius 3 is 2.64 bits per heavy atom. The number of carbonyl (C=O) groups excluding carboxylic acids is 2. The molecule has 5 heteroatoms. The van der Waals surface area contributed by atoms with Gasteiger partial charge in [0.25, 0.3) is 0 Å². The number of hydrogen-bond acceptors (Lipinski definition) is 4. The van der Waals surface area contributed by atoms with Gasteiger partial charge >= 0.3 is 5.97 Å². The van der Waals surface area contributed by atoms with Crippen molar-refractivity contribution in [1.82, 2.24) is 10.2 Å². The van der Waals surface area contributed by atoms with Crippen LogP contribution in [0, 0.1) is 0 Å². The van der Waals surface area contributed by atoms with E-state index in [1.807, 2.05) is 19.9 Å². The molecule has 1 heterocycles. The van der Waals surface area contributed by atoms with Crippen LogP contribution in [0.2, 0.25) is 0 Å². The molecule has 22 heavy (non-hydrogen) atoms. The predicted molar refractivity (Wildman–Crippen MR) is 84.3 cm³/mol. The second kappa shape index (κ2) is 7.40. The second-order valence-electron chi connectivity index (χ2n) is 5.86. The van der Waals surface area contributed by atoms with E-state index in [4.69, 9.17) is 0 Å². The molecule has 1 amide bonds. The van der Waals surface area contributed by atoms with Gasteiger partial charge < -0.3 is 10.1 Å². The van der Waals surface area contributed by atoms with E-state index in [0.29, 0.717) is 0 Å². The van der Waals surface area contributed by atoms with E-state index < -0.39 is 0 Å². The monoisotopic (exact) mass is 304 g/mol. The number of esters is 1. The smallest absolute Gasteiger partial charge is 0.307 e. The molecule has 120 valence electrons. The topological polar surface area (TPSA) is 58.6 Å². The number of carbonyl (C=O) groups is 2. The molecule has 0 radical (unpaired) electrons. The number of fused-ring (bicyclic) bond motifs is 1. The summed E-state index contributed by atoms with van der Waals surface area (Å²) in [6.45, 7) is 5.38. The van der Waals surface area contributed by atoms with E-state index in [9.17, 15) is 9.59 Å². The third kappa shape index (κ3) is 4.07. The summed E-state index contributed by atoms with van der Waals surface area (Å²) in [5.74, 6) is -0.358. The Labute approximate surface area is 131 Å². The first-order valence-electron chi connectivity index (χ1n) is 7.69. The number of hydrogen-bond donors (Lipinski definition) is 1. The highest BCUT2D eigenvalue weighted by Crippen LogP contribution is 2.20. The van der Waals surface area contributed by atoms with E-state index >= 15 is 0 Å². The predicted octanol–water partition coefficient (Wildman–Crippen LogP) is 1.50. The molecule has 2 atom stereocenters. The fourth-order valence-electron chi connectivity index (χ4n) is 2.76. The van der Waals surface area contributed by atoms with E-state index in [1.165, 1.54) is 18.2 Å². The van der Waals surface area contributed by atoms with Crippen LogP contribution in [-0.4, -0.2) is 42.5 Å². The fourth-order valence-corrected chi connectivity index (χ4v) is 2.76. The molecule has 0 bridgehead atoms. The summed E-state index contributed by atoms with van der Waals surface area (Å²) < 4.78 is 4.62. The number of benzene rings is 1. The molecule has 0 unspecified atom stereocenters. The number of rotatable bonds is 5. The lowest BCUT2D eigenvalue weighted by Crippen LogP contribution is -2.49. The molecule has 0 saturated heterocycles. The van der Waals surface area contributed by atoms with Crippen molar-refractivity contribution in [3.63, 3.8) is 0 Å². The Morgan fingerprint density at radius 2 is 1.95 bits per heavy atom. The first-order valence-corrected chi connectivity index (χ1v) is 7.69. The normalized spacial score (nSPS) is 17.2. The molecule has 1 aliphatic heterocycles. The lowest BCUT2D eigenvalue weighted by Gasteiger charge is -2.33. The molecular weight excluding hydrogens is 280 g/mol. The van der Waals surface area contributed by atoms with Crippen molar-refractivity contribution in [1.29, 1.82) is 0 Å². The number of methoxy groups -OCH3 is 1. The van der Waals surface area contributed by atoms with E-state index in [2.05, 4.69) is 33.2 Å². The van der Waals surface area contributed by atoms with Crippen molar-refractivity contribution in [2.24, 2.45) is 0 Å². The van der Waals surface area contributed by atoms with Crippen LogP contribution in [0.5, 0.6) is 0 Å². The van der Waals surface area contributed by atoms with Crippen LogP contribution in [0.15, 0.2) is 24.3 Å². The highest BCUT2D eigenvalue weighted by atomic mass is 16.5. The van der Waals surface area contributed by atoms with E-state index in [-0.39, 0.29) is 30.4 Å². The van der Waals surface area contributed by atoms with Crippen molar-refractivity contribution >= 4 is 11.9 Å². The van der Waals surface area contributed by atoms with Crippen LogP contribution in [-0.2, 0) is 27.3 Å². The van der Waals surface area contributed by atoms with Crippen molar-refractivity contribution < 1.29 is 14.3 Å². The van der Waals surface area contributed by atoms with Crippen LogP contribution in [0.3, 0.4) is 0 Å². The highest BCUT2D eigenvalue weighted by molar-refractivity contribution is 5.82. The third-order valence-corrected chi connectivity index (χ3v) is 4.18. The number of nitrogens with zero attached hydrogens (tertiary/aromatic N) is 1. The molecule has 0 aliphatic carbocycles. The van der Waals surface area contributed by atoms with Gasteiger partial charge in [0.05, 0.1) is 19.6 Å². The molecular formula is C17H24N2O3. The lowest BCUT2D eigenvalue weighted by atomic mass is 9.98. The van der Waals surface area contributed by atoms with Gasteiger partial charge in [-0.05, 0) is 31.4 Å². The Kier molecular flexibility index (Phi) is 5.55. The number of ether oxygens (including phenoxy) is 1. The van der Waals surface area contributed by atoms with Crippen molar-refractivity contribution in [2.45, 2.75) is 45.3 Å². The molecule has 0 saturated carbocycles. The van der Waals surface area contributed by atoms with Gasteiger partial charge in [-0.15, -0.1) is 0 Å². The minimum atomic E-state index is -0.313. The summed E-state index contributed by atoms with van der Waals surface area (Å²) in [4.78, 5) is 25.7. The zero-order chi connectivity index (χ0) is 16.1. The van der Waals surface area contributed by atoms with Gasteiger partial charge in [-0.2, -0.15) is 0 Å². The van der Waals surface area contributed by atoms with Gasteiger partial charge in [-0.3, -0.25) is 14.5 Å². The third-order valence-electron chi connectivity index (χ3n) is 4.18. The lowest BCUT2D eigenvalue weighted by molar-refractivity contribution is -0.141. The molecule has 1 aromatic carbocycles. The van der Waals surface area contributed by atoms with Crippen molar-refractivity contribution in [3.8, 4) is 0 Å². The van der Waals surface area contributed by atoms with Gasteiger partial charge in [0, 0.05) is 19.1 Å².